The van der Waals surface area contributed by atoms with Gasteiger partial charge in [-0.1, -0.05) is 58.4 Å². The highest BCUT2D eigenvalue weighted by Gasteiger charge is 2.37. The Morgan fingerprint density at radius 1 is 0.923 bits per heavy atom. The molecule has 1 heterocycles. The Kier molecular flexibility index (Phi) is 4.57. The number of rotatable bonds is 4. The van der Waals surface area contributed by atoms with Gasteiger partial charge in [0.1, 0.15) is 12.0 Å². The van der Waals surface area contributed by atoms with Crippen molar-refractivity contribution in [3.05, 3.63) is 100 Å². The van der Waals surface area contributed by atoms with Crippen LogP contribution in [0.15, 0.2) is 88.3 Å². The lowest BCUT2D eigenvalue weighted by molar-refractivity contribution is 0.472. The molecule has 0 fully saturated rings. The average Bonchev–Trinajstić information content (AvgIpc) is 3.10. The van der Waals surface area contributed by atoms with Crippen LogP contribution >= 0.6 is 15.9 Å². The van der Waals surface area contributed by atoms with E-state index in [1.54, 1.807) is 12.1 Å². The van der Waals surface area contributed by atoms with Crippen LogP contribution in [0.5, 0.6) is 0 Å². The van der Waals surface area contributed by atoms with Crippen molar-refractivity contribution in [2.24, 2.45) is 4.99 Å². The normalized spacial score (nSPS) is 21.7. The molecule has 2 atom stereocenters. The molecule has 0 radical (unpaired) electrons. The van der Waals surface area contributed by atoms with Crippen LogP contribution in [0.2, 0.25) is 0 Å². The van der Waals surface area contributed by atoms with E-state index in [9.17, 15) is 4.39 Å². The minimum atomic E-state index is -0.720. The summed E-state index contributed by atoms with van der Waals surface area (Å²) in [7, 11) is 0. The van der Waals surface area contributed by atoms with Gasteiger partial charge in [0.25, 0.3) is 0 Å². The highest BCUT2D eigenvalue weighted by Crippen LogP contribution is 2.32. The van der Waals surface area contributed by atoms with Crippen molar-refractivity contribution in [2.75, 3.05) is 5.32 Å². The van der Waals surface area contributed by atoms with Gasteiger partial charge in [-0.3, -0.25) is 10.3 Å². The molecule has 0 saturated heterocycles. The SMILES string of the molecule is Fc1ccc(C2(Nc3ccc(Br)cc3)C=NC(c3ccccc3)N2)cc1. The van der Waals surface area contributed by atoms with Crippen LogP contribution in [0.1, 0.15) is 17.3 Å². The third-order valence-corrected chi connectivity index (χ3v) is 4.91. The Hall–Kier alpha value is -2.50. The number of nitrogens with one attached hydrogen (secondary N) is 2. The van der Waals surface area contributed by atoms with E-state index in [0.29, 0.717) is 0 Å². The summed E-state index contributed by atoms with van der Waals surface area (Å²) in [4.78, 5) is 4.67. The lowest BCUT2D eigenvalue weighted by Crippen LogP contribution is -2.47. The topological polar surface area (TPSA) is 36.4 Å². The summed E-state index contributed by atoms with van der Waals surface area (Å²) in [5, 5.41) is 7.07. The second-order valence-electron chi connectivity index (χ2n) is 6.18. The molecular weight excluding hydrogens is 393 g/mol. The first-order valence-corrected chi connectivity index (χ1v) is 9.11. The molecule has 4 rings (SSSR count). The highest BCUT2D eigenvalue weighted by molar-refractivity contribution is 9.10. The number of halogens is 2. The standard InChI is InChI=1S/C21H17BrFN3/c22-17-8-12-19(13-9-17)25-21(16-6-10-18(23)11-7-16)14-24-20(26-21)15-4-2-1-3-5-15/h1-14,20,25-26H. The predicted molar refractivity (Wildman–Crippen MR) is 107 cm³/mol. The van der Waals surface area contributed by atoms with Crippen LogP contribution in [0.4, 0.5) is 10.1 Å². The molecule has 1 aliphatic rings. The maximum atomic E-state index is 13.4. The Morgan fingerprint density at radius 2 is 1.62 bits per heavy atom. The van der Waals surface area contributed by atoms with Crippen LogP contribution < -0.4 is 10.6 Å². The van der Waals surface area contributed by atoms with Crippen molar-refractivity contribution < 1.29 is 4.39 Å². The number of hydrogen-bond donors (Lipinski definition) is 2. The van der Waals surface area contributed by atoms with E-state index < -0.39 is 5.66 Å². The Morgan fingerprint density at radius 3 is 2.31 bits per heavy atom. The van der Waals surface area contributed by atoms with E-state index >= 15 is 0 Å². The third-order valence-electron chi connectivity index (χ3n) is 4.38. The quantitative estimate of drug-likeness (QED) is 0.618. The van der Waals surface area contributed by atoms with Crippen LogP contribution in [0, 0.1) is 5.82 Å². The largest absolute Gasteiger partial charge is 0.359 e. The summed E-state index contributed by atoms with van der Waals surface area (Å²) in [6, 6.07) is 24.4. The predicted octanol–water partition coefficient (Wildman–Crippen LogP) is 5.23. The molecule has 2 unspecified atom stereocenters. The van der Waals surface area contributed by atoms with Crippen LogP contribution in [0.3, 0.4) is 0 Å². The Labute approximate surface area is 160 Å². The molecule has 0 bridgehead atoms. The van der Waals surface area contributed by atoms with Gasteiger partial charge < -0.3 is 5.32 Å². The fourth-order valence-corrected chi connectivity index (χ4v) is 3.32. The summed E-state index contributed by atoms with van der Waals surface area (Å²) in [5.41, 5.74) is 2.18. The van der Waals surface area contributed by atoms with Crippen LogP contribution in [0.25, 0.3) is 0 Å². The molecule has 0 aromatic heterocycles. The number of nitrogens with zero attached hydrogens (tertiary/aromatic N) is 1. The fraction of sp³-hybridized carbons (Fsp3) is 0.0952. The molecule has 1 aliphatic heterocycles. The second kappa shape index (κ2) is 7.02. The molecule has 3 nitrogen and oxygen atoms in total. The highest BCUT2D eigenvalue weighted by atomic mass is 79.9. The zero-order chi connectivity index (χ0) is 18.0. The molecule has 3 aromatic carbocycles. The van der Waals surface area contributed by atoms with Gasteiger partial charge in [0, 0.05) is 16.4 Å². The minimum Gasteiger partial charge on any atom is -0.359 e. The van der Waals surface area contributed by atoms with E-state index in [4.69, 9.17) is 0 Å². The monoisotopic (exact) mass is 409 g/mol. The lowest BCUT2D eigenvalue weighted by atomic mass is 10.00. The number of anilines is 1. The van der Waals surface area contributed by atoms with E-state index in [0.717, 1.165) is 21.3 Å². The van der Waals surface area contributed by atoms with Gasteiger partial charge in [0.05, 0.1) is 0 Å². The summed E-state index contributed by atoms with van der Waals surface area (Å²) in [5.74, 6) is -0.262. The van der Waals surface area contributed by atoms with Crippen molar-refractivity contribution in [1.29, 1.82) is 0 Å². The maximum absolute atomic E-state index is 13.4. The Balaban J connectivity index is 1.70. The van der Waals surface area contributed by atoms with Crippen molar-refractivity contribution in [2.45, 2.75) is 11.8 Å². The third kappa shape index (κ3) is 3.41. The van der Waals surface area contributed by atoms with Gasteiger partial charge in [-0.25, -0.2) is 4.39 Å². The number of hydrogen-bond acceptors (Lipinski definition) is 3. The fourth-order valence-electron chi connectivity index (χ4n) is 3.05. The first-order chi connectivity index (χ1) is 12.6. The smallest absolute Gasteiger partial charge is 0.153 e. The Bertz CT molecular complexity index is 910. The zero-order valence-electron chi connectivity index (χ0n) is 13.9. The molecule has 0 spiro atoms. The minimum absolute atomic E-state index is 0.177. The van der Waals surface area contributed by atoms with E-state index in [1.165, 1.54) is 12.1 Å². The molecule has 5 heteroatoms. The second-order valence-corrected chi connectivity index (χ2v) is 7.10. The van der Waals surface area contributed by atoms with Gasteiger partial charge in [-0.2, -0.15) is 0 Å². The van der Waals surface area contributed by atoms with Gasteiger partial charge in [-0.15, -0.1) is 0 Å². The van der Waals surface area contributed by atoms with E-state index in [-0.39, 0.29) is 12.0 Å². The lowest BCUT2D eigenvalue weighted by Gasteiger charge is -2.31. The molecule has 130 valence electrons. The van der Waals surface area contributed by atoms with Gasteiger partial charge in [0.2, 0.25) is 0 Å². The maximum Gasteiger partial charge on any atom is 0.153 e. The zero-order valence-corrected chi connectivity index (χ0v) is 15.4. The van der Waals surface area contributed by atoms with E-state index in [1.807, 2.05) is 60.8 Å². The number of benzene rings is 3. The molecule has 26 heavy (non-hydrogen) atoms. The summed E-state index contributed by atoms with van der Waals surface area (Å²) in [6.45, 7) is 0. The summed E-state index contributed by atoms with van der Waals surface area (Å²) >= 11 is 3.45. The number of aliphatic imine (C=N–C) groups is 1. The molecule has 2 N–H and O–H groups in total. The van der Waals surface area contributed by atoms with Crippen molar-refractivity contribution in [3.63, 3.8) is 0 Å². The molecule has 0 amide bonds. The van der Waals surface area contributed by atoms with Gasteiger partial charge in [0.15, 0.2) is 5.66 Å². The van der Waals surface area contributed by atoms with Crippen molar-refractivity contribution >= 4 is 27.8 Å². The molecule has 0 saturated carbocycles. The molecule has 3 aromatic rings. The van der Waals surface area contributed by atoms with Gasteiger partial charge >= 0.3 is 0 Å². The first kappa shape index (κ1) is 16.9. The first-order valence-electron chi connectivity index (χ1n) is 8.31. The average molecular weight is 410 g/mol. The van der Waals surface area contributed by atoms with Crippen LogP contribution in [-0.4, -0.2) is 6.21 Å². The molecule has 0 aliphatic carbocycles. The molecular formula is C21H17BrFN3. The van der Waals surface area contributed by atoms with E-state index in [2.05, 4.69) is 31.6 Å². The van der Waals surface area contributed by atoms with Crippen molar-refractivity contribution in [3.8, 4) is 0 Å². The van der Waals surface area contributed by atoms with Gasteiger partial charge in [-0.05, 0) is 47.5 Å². The summed E-state index contributed by atoms with van der Waals surface area (Å²) < 4.78 is 14.4. The van der Waals surface area contributed by atoms with Crippen molar-refractivity contribution in [1.82, 2.24) is 5.32 Å². The summed E-state index contributed by atoms with van der Waals surface area (Å²) in [6.07, 6.45) is 1.68. The van der Waals surface area contributed by atoms with Crippen LogP contribution in [-0.2, 0) is 5.66 Å².